The first-order valence-corrected chi connectivity index (χ1v) is 6.97. The number of nitrogens with zero attached hydrogens (tertiary/aromatic N) is 1. The van der Waals surface area contributed by atoms with E-state index in [1.165, 1.54) is 0 Å². The Balaban J connectivity index is 2.01. The minimum absolute atomic E-state index is 0.0491. The second kappa shape index (κ2) is 6.52. The van der Waals surface area contributed by atoms with Crippen molar-refractivity contribution in [1.82, 2.24) is 10.6 Å². The number of carbonyl (C=O) groups is 2. The van der Waals surface area contributed by atoms with Gasteiger partial charge in [0.1, 0.15) is 0 Å². The Morgan fingerprint density at radius 3 is 2.80 bits per heavy atom. The fourth-order valence-electron chi connectivity index (χ4n) is 2.44. The number of benzene rings is 1. The van der Waals surface area contributed by atoms with Crippen LogP contribution in [0.25, 0.3) is 0 Å². The molecule has 20 heavy (non-hydrogen) atoms. The third-order valence-electron chi connectivity index (χ3n) is 3.51. The topological polar surface area (TPSA) is 61.4 Å². The Morgan fingerprint density at radius 1 is 1.30 bits per heavy atom. The fraction of sp³-hybridized carbons (Fsp3) is 0.467. The molecular formula is C15H21N3O2. The standard InChI is InChI=1S/C15H21N3O2/c1-11(19)18-9-6-12-10-13(4-5-14(12)18)15(20)17-8-3-7-16-2/h4-5,10,16H,3,6-9H2,1-2H3,(H,17,20). The van der Waals surface area contributed by atoms with Crippen LogP contribution >= 0.6 is 0 Å². The van der Waals surface area contributed by atoms with Gasteiger partial charge in [0.15, 0.2) is 0 Å². The average molecular weight is 275 g/mol. The molecule has 0 radical (unpaired) electrons. The lowest BCUT2D eigenvalue weighted by atomic mass is 10.1. The zero-order valence-electron chi connectivity index (χ0n) is 12.0. The Bertz CT molecular complexity index is 514. The molecular weight excluding hydrogens is 254 g/mol. The quantitative estimate of drug-likeness (QED) is 0.786. The zero-order chi connectivity index (χ0) is 14.5. The Hall–Kier alpha value is -1.88. The number of carbonyl (C=O) groups excluding carboxylic acids is 2. The smallest absolute Gasteiger partial charge is 0.251 e. The van der Waals surface area contributed by atoms with E-state index < -0.39 is 0 Å². The van der Waals surface area contributed by atoms with E-state index in [-0.39, 0.29) is 11.8 Å². The summed E-state index contributed by atoms with van der Waals surface area (Å²) in [6, 6.07) is 5.55. The summed E-state index contributed by atoms with van der Waals surface area (Å²) in [6.07, 6.45) is 1.72. The second-order valence-corrected chi connectivity index (χ2v) is 4.98. The molecule has 0 aromatic heterocycles. The number of rotatable bonds is 5. The molecule has 0 bridgehead atoms. The van der Waals surface area contributed by atoms with E-state index in [1.807, 2.05) is 19.2 Å². The van der Waals surface area contributed by atoms with Crippen molar-refractivity contribution in [3.8, 4) is 0 Å². The Kier molecular flexibility index (Phi) is 4.74. The van der Waals surface area contributed by atoms with Gasteiger partial charge in [-0.05, 0) is 50.2 Å². The Morgan fingerprint density at radius 2 is 2.10 bits per heavy atom. The lowest BCUT2D eigenvalue weighted by Crippen LogP contribution is -2.27. The van der Waals surface area contributed by atoms with Crippen molar-refractivity contribution in [3.05, 3.63) is 29.3 Å². The van der Waals surface area contributed by atoms with E-state index in [2.05, 4.69) is 10.6 Å². The van der Waals surface area contributed by atoms with Gasteiger partial charge in [-0.25, -0.2) is 0 Å². The highest BCUT2D eigenvalue weighted by molar-refractivity contribution is 5.97. The summed E-state index contributed by atoms with van der Waals surface area (Å²) in [5.41, 5.74) is 2.67. The molecule has 108 valence electrons. The minimum atomic E-state index is -0.0508. The molecule has 0 aliphatic carbocycles. The molecule has 2 rings (SSSR count). The molecule has 0 fully saturated rings. The monoisotopic (exact) mass is 275 g/mol. The van der Waals surface area contributed by atoms with Gasteiger partial charge in [0.05, 0.1) is 0 Å². The van der Waals surface area contributed by atoms with Gasteiger partial charge in [-0.15, -0.1) is 0 Å². The van der Waals surface area contributed by atoms with Gasteiger partial charge in [-0.1, -0.05) is 0 Å². The largest absolute Gasteiger partial charge is 0.352 e. The molecule has 1 aromatic rings. The molecule has 5 nitrogen and oxygen atoms in total. The fourth-order valence-corrected chi connectivity index (χ4v) is 2.44. The van der Waals surface area contributed by atoms with E-state index >= 15 is 0 Å². The predicted octanol–water partition coefficient (Wildman–Crippen LogP) is 0.935. The number of hydrogen-bond acceptors (Lipinski definition) is 3. The van der Waals surface area contributed by atoms with Crippen LogP contribution in [0.1, 0.15) is 29.3 Å². The highest BCUT2D eigenvalue weighted by Gasteiger charge is 2.22. The molecule has 1 heterocycles. The number of nitrogens with one attached hydrogen (secondary N) is 2. The average Bonchev–Trinajstić information content (AvgIpc) is 2.86. The first-order valence-electron chi connectivity index (χ1n) is 6.97. The Labute approximate surface area is 119 Å². The number of amides is 2. The maximum absolute atomic E-state index is 12.0. The van der Waals surface area contributed by atoms with E-state index in [0.717, 1.165) is 30.6 Å². The van der Waals surface area contributed by atoms with Crippen molar-refractivity contribution in [1.29, 1.82) is 0 Å². The minimum Gasteiger partial charge on any atom is -0.352 e. The SMILES string of the molecule is CNCCCNC(=O)c1ccc2c(c1)CCN2C(C)=O. The highest BCUT2D eigenvalue weighted by Crippen LogP contribution is 2.28. The van der Waals surface area contributed by atoms with Gasteiger partial charge in [-0.3, -0.25) is 9.59 Å². The normalized spacial score (nSPS) is 13.2. The lowest BCUT2D eigenvalue weighted by molar-refractivity contribution is -0.116. The van der Waals surface area contributed by atoms with E-state index in [4.69, 9.17) is 0 Å². The van der Waals surface area contributed by atoms with Gasteiger partial charge < -0.3 is 15.5 Å². The molecule has 1 aliphatic heterocycles. The van der Waals surface area contributed by atoms with Gasteiger partial charge in [0.2, 0.25) is 5.91 Å². The molecule has 2 N–H and O–H groups in total. The maximum Gasteiger partial charge on any atom is 0.251 e. The highest BCUT2D eigenvalue weighted by atomic mass is 16.2. The van der Waals surface area contributed by atoms with Crippen LogP contribution in [-0.2, 0) is 11.2 Å². The third kappa shape index (κ3) is 3.17. The van der Waals surface area contributed by atoms with E-state index in [9.17, 15) is 9.59 Å². The third-order valence-corrected chi connectivity index (χ3v) is 3.51. The van der Waals surface area contributed by atoms with Crippen molar-refractivity contribution in [2.45, 2.75) is 19.8 Å². The number of hydrogen-bond donors (Lipinski definition) is 2. The summed E-state index contributed by atoms with van der Waals surface area (Å²) in [5.74, 6) is -0.00167. The van der Waals surface area contributed by atoms with Crippen LogP contribution in [-0.4, -0.2) is 38.5 Å². The molecule has 1 aliphatic rings. The van der Waals surface area contributed by atoms with Crippen LogP contribution in [0, 0.1) is 0 Å². The lowest BCUT2D eigenvalue weighted by Gasteiger charge is -2.14. The summed E-state index contributed by atoms with van der Waals surface area (Å²) in [4.78, 5) is 25.2. The zero-order valence-corrected chi connectivity index (χ0v) is 12.0. The van der Waals surface area contributed by atoms with Crippen molar-refractivity contribution >= 4 is 17.5 Å². The first-order chi connectivity index (χ1) is 9.63. The summed E-state index contributed by atoms with van der Waals surface area (Å²) >= 11 is 0. The van der Waals surface area contributed by atoms with Crippen LogP contribution in [0.5, 0.6) is 0 Å². The molecule has 5 heteroatoms. The summed E-state index contributed by atoms with van der Waals surface area (Å²) in [7, 11) is 1.89. The summed E-state index contributed by atoms with van der Waals surface area (Å²) < 4.78 is 0. The van der Waals surface area contributed by atoms with E-state index in [0.29, 0.717) is 18.7 Å². The molecule has 0 saturated heterocycles. The number of anilines is 1. The van der Waals surface area contributed by atoms with E-state index in [1.54, 1.807) is 17.9 Å². The maximum atomic E-state index is 12.0. The van der Waals surface area contributed by atoms with Crippen LogP contribution in [0.4, 0.5) is 5.69 Å². The van der Waals surface area contributed by atoms with Crippen LogP contribution < -0.4 is 15.5 Å². The molecule has 2 amide bonds. The van der Waals surface area contributed by atoms with Crippen molar-refractivity contribution < 1.29 is 9.59 Å². The summed E-state index contributed by atoms with van der Waals surface area (Å²) in [6.45, 7) is 3.82. The van der Waals surface area contributed by atoms with Crippen molar-refractivity contribution in [3.63, 3.8) is 0 Å². The molecule has 1 aromatic carbocycles. The first kappa shape index (κ1) is 14.5. The molecule has 0 saturated carbocycles. The summed E-state index contributed by atoms with van der Waals surface area (Å²) in [5, 5.41) is 5.94. The molecule has 0 unspecified atom stereocenters. The molecule has 0 spiro atoms. The number of fused-ring (bicyclic) bond motifs is 1. The van der Waals surface area contributed by atoms with Gasteiger partial charge in [0, 0.05) is 31.3 Å². The van der Waals surface area contributed by atoms with Crippen LogP contribution in [0.15, 0.2) is 18.2 Å². The van der Waals surface area contributed by atoms with Crippen LogP contribution in [0.3, 0.4) is 0 Å². The van der Waals surface area contributed by atoms with Crippen molar-refractivity contribution in [2.24, 2.45) is 0 Å². The van der Waals surface area contributed by atoms with Crippen LogP contribution in [0.2, 0.25) is 0 Å². The van der Waals surface area contributed by atoms with Gasteiger partial charge in [-0.2, -0.15) is 0 Å². The van der Waals surface area contributed by atoms with Gasteiger partial charge in [0.25, 0.3) is 5.91 Å². The van der Waals surface area contributed by atoms with Crippen molar-refractivity contribution in [2.75, 3.05) is 31.6 Å². The second-order valence-electron chi connectivity index (χ2n) is 4.98. The van der Waals surface area contributed by atoms with Gasteiger partial charge >= 0.3 is 0 Å². The predicted molar refractivity (Wildman–Crippen MR) is 79.0 cm³/mol. The molecule has 0 atom stereocenters.